The van der Waals surface area contributed by atoms with Crippen molar-refractivity contribution in [1.29, 1.82) is 0 Å². The van der Waals surface area contributed by atoms with Crippen LogP contribution in [0.1, 0.15) is 11.1 Å². The highest BCUT2D eigenvalue weighted by atomic mass is 16.7. The highest BCUT2D eigenvalue weighted by Crippen LogP contribution is 2.41. The van der Waals surface area contributed by atoms with E-state index in [2.05, 4.69) is 39.4 Å². The average Bonchev–Trinajstić information content (AvgIpc) is 3.23. The van der Waals surface area contributed by atoms with Crippen molar-refractivity contribution in [2.45, 2.75) is 6.54 Å². The van der Waals surface area contributed by atoms with Gasteiger partial charge in [-0.1, -0.05) is 18.2 Å². The SMILES string of the molecule is COc1ccc2c(c1N1CCN(Cc3ccc4c(c3)OCO4)CC1)C=Nc1ccccc1N2. The van der Waals surface area contributed by atoms with E-state index in [-0.39, 0.29) is 0 Å². The summed E-state index contributed by atoms with van der Waals surface area (Å²) in [6.07, 6.45) is 1.96. The normalized spacial score (nSPS) is 16.6. The number of hydrogen-bond donors (Lipinski definition) is 1. The van der Waals surface area contributed by atoms with E-state index in [1.165, 1.54) is 5.56 Å². The van der Waals surface area contributed by atoms with E-state index < -0.39 is 0 Å². The fourth-order valence-electron chi connectivity index (χ4n) is 4.72. The molecule has 168 valence electrons. The van der Waals surface area contributed by atoms with Gasteiger partial charge in [-0.05, 0) is 42.0 Å². The van der Waals surface area contributed by atoms with Crippen LogP contribution in [0.4, 0.5) is 22.7 Å². The van der Waals surface area contributed by atoms with E-state index in [1.807, 2.05) is 36.5 Å². The van der Waals surface area contributed by atoms with Crippen LogP contribution in [-0.2, 0) is 6.54 Å². The van der Waals surface area contributed by atoms with E-state index in [4.69, 9.17) is 19.2 Å². The molecule has 3 aliphatic rings. The Morgan fingerprint density at radius 3 is 2.67 bits per heavy atom. The molecule has 0 atom stereocenters. The number of aliphatic imine (C=N–C) groups is 1. The monoisotopic (exact) mass is 442 g/mol. The first-order valence-electron chi connectivity index (χ1n) is 11.3. The Morgan fingerprint density at radius 1 is 0.939 bits per heavy atom. The average molecular weight is 443 g/mol. The van der Waals surface area contributed by atoms with Gasteiger partial charge in [0.1, 0.15) is 5.75 Å². The summed E-state index contributed by atoms with van der Waals surface area (Å²) in [5.41, 5.74) is 6.40. The van der Waals surface area contributed by atoms with Gasteiger partial charge in [-0.2, -0.15) is 0 Å². The highest BCUT2D eigenvalue weighted by Gasteiger charge is 2.25. The third-order valence-electron chi connectivity index (χ3n) is 6.44. The molecule has 0 amide bonds. The Balaban J connectivity index is 1.22. The lowest BCUT2D eigenvalue weighted by atomic mass is 10.1. The molecule has 7 nitrogen and oxygen atoms in total. The fraction of sp³-hybridized carbons (Fsp3) is 0.269. The summed E-state index contributed by atoms with van der Waals surface area (Å²) in [6.45, 7) is 4.96. The maximum atomic E-state index is 5.78. The van der Waals surface area contributed by atoms with Gasteiger partial charge in [-0.25, -0.2) is 0 Å². The second kappa shape index (κ2) is 8.33. The molecular weight excluding hydrogens is 416 g/mol. The number of nitrogens with zero attached hydrogens (tertiary/aromatic N) is 3. The number of nitrogens with one attached hydrogen (secondary N) is 1. The first kappa shape index (κ1) is 19.9. The number of rotatable bonds is 4. The van der Waals surface area contributed by atoms with Crippen molar-refractivity contribution in [2.75, 3.05) is 50.3 Å². The minimum Gasteiger partial charge on any atom is -0.495 e. The zero-order valence-electron chi connectivity index (χ0n) is 18.6. The Morgan fingerprint density at radius 2 is 1.79 bits per heavy atom. The van der Waals surface area contributed by atoms with Crippen LogP contribution < -0.4 is 24.4 Å². The summed E-state index contributed by atoms with van der Waals surface area (Å²) in [5.74, 6) is 2.55. The molecule has 1 fully saturated rings. The van der Waals surface area contributed by atoms with Crippen molar-refractivity contribution in [3.05, 3.63) is 65.7 Å². The first-order valence-corrected chi connectivity index (χ1v) is 11.3. The van der Waals surface area contributed by atoms with Crippen LogP contribution >= 0.6 is 0 Å². The van der Waals surface area contributed by atoms with Gasteiger partial charge in [0.25, 0.3) is 0 Å². The predicted octanol–water partition coefficient (Wildman–Crippen LogP) is 4.55. The molecule has 0 spiro atoms. The number of benzene rings is 3. The third kappa shape index (κ3) is 3.74. The number of anilines is 3. The van der Waals surface area contributed by atoms with Crippen LogP contribution in [-0.4, -0.2) is 51.2 Å². The number of hydrogen-bond acceptors (Lipinski definition) is 7. The smallest absolute Gasteiger partial charge is 0.231 e. The number of para-hydroxylation sites is 2. The van der Waals surface area contributed by atoms with Crippen LogP contribution in [0.2, 0.25) is 0 Å². The molecule has 6 rings (SSSR count). The van der Waals surface area contributed by atoms with Gasteiger partial charge in [0.15, 0.2) is 11.5 Å². The van der Waals surface area contributed by atoms with Crippen LogP contribution in [0.3, 0.4) is 0 Å². The summed E-state index contributed by atoms with van der Waals surface area (Å²) in [7, 11) is 1.73. The second-order valence-electron chi connectivity index (χ2n) is 8.43. The number of ether oxygens (including phenoxy) is 3. The second-order valence-corrected chi connectivity index (χ2v) is 8.43. The van der Waals surface area contributed by atoms with E-state index in [1.54, 1.807) is 7.11 Å². The maximum absolute atomic E-state index is 5.78. The minimum absolute atomic E-state index is 0.309. The lowest BCUT2D eigenvalue weighted by molar-refractivity contribution is 0.174. The largest absolute Gasteiger partial charge is 0.495 e. The van der Waals surface area contributed by atoms with Crippen LogP contribution in [0.5, 0.6) is 17.2 Å². The summed E-state index contributed by atoms with van der Waals surface area (Å²) < 4.78 is 16.7. The van der Waals surface area contributed by atoms with Gasteiger partial charge in [-0.15, -0.1) is 0 Å². The predicted molar refractivity (Wildman–Crippen MR) is 130 cm³/mol. The minimum atomic E-state index is 0.309. The first-order chi connectivity index (χ1) is 16.3. The molecule has 0 unspecified atom stereocenters. The van der Waals surface area contributed by atoms with E-state index >= 15 is 0 Å². The van der Waals surface area contributed by atoms with Gasteiger partial charge in [0.2, 0.25) is 6.79 Å². The van der Waals surface area contributed by atoms with Crippen LogP contribution in [0, 0.1) is 0 Å². The molecule has 3 aromatic carbocycles. The Labute approximate surface area is 193 Å². The van der Waals surface area contributed by atoms with E-state index in [9.17, 15) is 0 Å². The van der Waals surface area contributed by atoms with Crippen molar-refractivity contribution < 1.29 is 14.2 Å². The van der Waals surface area contributed by atoms with Gasteiger partial charge in [0, 0.05) is 50.2 Å². The maximum Gasteiger partial charge on any atom is 0.231 e. The Hall–Kier alpha value is -3.71. The van der Waals surface area contributed by atoms with Crippen LogP contribution in [0.15, 0.2) is 59.6 Å². The quantitative estimate of drug-likeness (QED) is 0.500. The van der Waals surface area contributed by atoms with Crippen molar-refractivity contribution in [3.63, 3.8) is 0 Å². The number of methoxy groups -OCH3 is 1. The summed E-state index contributed by atoms with van der Waals surface area (Å²) >= 11 is 0. The molecule has 1 saturated heterocycles. The molecule has 0 saturated carbocycles. The number of piperazine rings is 1. The van der Waals surface area contributed by atoms with E-state index in [0.717, 1.165) is 78.3 Å². The van der Waals surface area contributed by atoms with Gasteiger partial charge in [-0.3, -0.25) is 9.89 Å². The fourth-order valence-corrected chi connectivity index (χ4v) is 4.72. The number of fused-ring (bicyclic) bond motifs is 3. The highest BCUT2D eigenvalue weighted by molar-refractivity contribution is 6.02. The van der Waals surface area contributed by atoms with E-state index in [0.29, 0.717) is 6.79 Å². The molecule has 0 aromatic heterocycles. The standard InChI is InChI=1S/C26H26N4O3/c1-31-24-9-7-20-19(15-27-21-4-2-3-5-22(21)28-20)26(24)30-12-10-29(11-13-30)16-18-6-8-23-25(14-18)33-17-32-23/h2-9,14-15,28H,10-13,16-17H2,1H3. The Bertz CT molecular complexity index is 1220. The van der Waals surface area contributed by atoms with Crippen molar-refractivity contribution in [1.82, 2.24) is 4.90 Å². The molecule has 33 heavy (non-hydrogen) atoms. The molecule has 3 aromatic rings. The molecule has 3 heterocycles. The third-order valence-corrected chi connectivity index (χ3v) is 6.44. The van der Waals surface area contributed by atoms with Crippen LogP contribution in [0.25, 0.3) is 0 Å². The van der Waals surface area contributed by atoms with Gasteiger partial charge >= 0.3 is 0 Å². The zero-order valence-corrected chi connectivity index (χ0v) is 18.6. The molecular formula is C26H26N4O3. The molecule has 7 heteroatoms. The molecule has 0 bridgehead atoms. The molecule has 0 radical (unpaired) electrons. The van der Waals surface area contributed by atoms with Gasteiger partial charge in [0.05, 0.1) is 24.2 Å². The van der Waals surface area contributed by atoms with Crippen molar-refractivity contribution in [3.8, 4) is 17.2 Å². The summed E-state index contributed by atoms with van der Waals surface area (Å²) in [5, 5.41) is 3.56. The molecule has 3 aliphatic heterocycles. The lowest BCUT2D eigenvalue weighted by Crippen LogP contribution is -2.46. The molecule has 0 aliphatic carbocycles. The topological polar surface area (TPSA) is 58.6 Å². The van der Waals surface area contributed by atoms with Crippen molar-refractivity contribution in [2.24, 2.45) is 4.99 Å². The Kier molecular flexibility index (Phi) is 5.03. The van der Waals surface area contributed by atoms with Crippen molar-refractivity contribution >= 4 is 29.0 Å². The molecule has 1 N–H and O–H groups in total. The summed E-state index contributed by atoms with van der Waals surface area (Å²) in [4.78, 5) is 9.65. The van der Waals surface area contributed by atoms with Gasteiger partial charge < -0.3 is 24.4 Å². The summed E-state index contributed by atoms with van der Waals surface area (Å²) in [6, 6.07) is 18.4. The zero-order chi connectivity index (χ0) is 22.2. The lowest BCUT2D eigenvalue weighted by Gasteiger charge is -2.37.